The molecule has 6 aromatic carbocycles. The zero-order valence-electron chi connectivity index (χ0n) is 54.4. The van der Waals surface area contributed by atoms with Crippen molar-refractivity contribution in [3.05, 3.63) is 205 Å². The average Bonchev–Trinajstić information content (AvgIpc) is 1.63. The van der Waals surface area contributed by atoms with E-state index in [1.54, 1.807) is 52.5 Å². The molecule has 0 fully saturated rings. The number of ether oxygens (including phenoxy) is 5. The van der Waals surface area contributed by atoms with Crippen LogP contribution in [0.2, 0.25) is 0 Å². The number of amides is 2. The molecule has 3 N–H and O–H groups in total. The SMILES string of the molecule is CCCCCCCOc1ccc(-c2cnc(-c3ccc(C[C@H](CC(=O)OCc4ccccc4)C(=O)N[C@H](C)C(=O)OC(C)(C)C)cc3)nc2)cc1.CCCCCCCOc1ccc(-c2cnc(-c3ccc(C[C@H](NC(=O)OCc4ccccc4)C(=O)O)cc3)nc2)cc1. The number of esters is 2. The third-order valence-corrected chi connectivity index (χ3v) is 15.0. The Labute approximate surface area is 547 Å². The van der Waals surface area contributed by atoms with E-state index in [1.807, 2.05) is 158 Å². The lowest BCUT2D eigenvalue weighted by Gasteiger charge is -2.24. The first-order chi connectivity index (χ1) is 45.0. The van der Waals surface area contributed by atoms with Gasteiger partial charge in [-0.25, -0.2) is 34.3 Å². The molecule has 8 rings (SSSR count). The molecule has 0 aliphatic carbocycles. The van der Waals surface area contributed by atoms with Crippen LogP contribution in [0.4, 0.5) is 4.79 Å². The Kier molecular flexibility index (Phi) is 28.5. The van der Waals surface area contributed by atoms with Gasteiger partial charge in [0.2, 0.25) is 5.91 Å². The third kappa shape index (κ3) is 25.1. The standard InChI is InChI=1S/C42H51N3O6.C34H37N3O5/c1-6-7-8-9-13-24-49-37-22-20-33(21-23-37)36-27-43-39(44-28-36)34-18-16-31(17-19-34)25-35(26-38(46)50-29-32-14-11-10-12-15-32)40(47)45-30(2)41(48)51-42(3,4)5;1-2-3-4-5-9-20-41-30-18-16-27(17-19-30)29-22-35-32(36-23-29)28-14-12-25(13-15-28)21-31(33(38)39)37-34(40)42-24-26-10-7-6-8-11-26/h10-12,14-23,27-28,30,35H,6-9,13,24-26,29H2,1-5H3,(H,45,47);6-8,10-19,22-23,31H,2-5,9,20-21,24H2,1H3,(H,37,40)(H,38,39)/t30-,35-;31-/m10/s1. The maximum absolute atomic E-state index is 13.4. The summed E-state index contributed by atoms with van der Waals surface area (Å²) in [5.41, 5.74) is 7.96. The maximum atomic E-state index is 13.4. The van der Waals surface area contributed by atoms with Gasteiger partial charge in [-0.15, -0.1) is 0 Å². The molecule has 2 heterocycles. The van der Waals surface area contributed by atoms with Crippen LogP contribution in [-0.4, -0.2) is 85.8 Å². The topological polar surface area (TPSA) is 227 Å². The van der Waals surface area contributed by atoms with Crippen molar-refractivity contribution in [2.75, 3.05) is 13.2 Å². The van der Waals surface area contributed by atoms with Crippen molar-refractivity contribution in [3.63, 3.8) is 0 Å². The van der Waals surface area contributed by atoms with Crippen LogP contribution in [0.25, 0.3) is 45.0 Å². The number of hydrogen-bond acceptors (Lipinski definition) is 14. The minimum Gasteiger partial charge on any atom is -0.494 e. The van der Waals surface area contributed by atoms with E-state index in [2.05, 4.69) is 44.4 Å². The molecule has 3 atom stereocenters. The normalized spacial score (nSPS) is 12.0. The molecule has 0 spiro atoms. The summed E-state index contributed by atoms with van der Waals surface area (Å²) < 4.78 is 27.8. The van der Waals surface area contributed by atoms with E-state index < -0.39 is 53.5 Å². The van der Waals surface area contributed by atoms with Crippen LogP contribution < -0.4 is 20.1 Å². The highest BCUT2D eigenvalue weighted by molar-refractivity contribution is 5.88. The van der Waals surface area contributed by atoms with Crippen molar-refractivity contribution in [1.29, 1.82) is 0 Å². The van der Waals surface area contributed by atoms with Gasteiger partial charge in [0, 0.05) is 53.5 Å². The van der Waals surface area contributed by atoms with Gasteiger partial charge in [-0.05, 0) is 105 Å². The molecule has 0 saturated heterocycles. The van der Waals surface area contributed by atoms with Gasteiger partial charge in [-0.1, -0.05) is 199 Å². The lowest BCUT2D eigenvalue weighted by Crippen LogP contribution is -2.45. The minimum absolute atomic E-state index is 0.0610. The second-order valence-electron chi connectivity index (χ2n) is 23.9. The predicted molar refractivity (Wildman–Crippen MR) is 361 cm³/mol. The summed E-state index contributed by atoms with van der Waals surface area (Å²) in [5, 5.41) is 14.8. The highest BCUT2D eigenvalue weighted by Gasteiger charge is 2.29. The van der Waals surface area contributed by atoms with Gasteiger partial charge in [0.25, 0.3) is 0 Å². The van der Waals surface area contributed by atoms with Crippen LogP contribution in [0, 0.1) is 5.92 Å². The van der Waals surface area contributed by atoms with E-state index in [4.69, 9.17) is 23.7 Å². The molecular formula is C76H88N6O11. The summed E-state index contributed by atoms with van der Waals surface area (Å²) in [6.45, 7) is 12.9. The number of carboxylic acids is 1. The Morgan fingerprint density at radius 3 is 1.32 bits per heavy atom. The lowest BCUT2D eigenvalue weighted by molar-refractivity contribution is -0.158. The van der Waals surface area contributed by atoms with Gasteiger partial charge < -0.3 is 39.4 Å². The fourth-order valence-electron chi connectivity index (χ4n) is 9.77. The molecule has 2 amide bonds. The molecular weight excluding hydrogens is 1170 g/mol. The largest absolute Gasteiger partial charge is 0.494 e. The zero-order chi connectivity index (χ0) is 66.2. The number of carbonyl (C=O) groups excluding carboxylic acids is 4. The molecule has 17 nitrogen and oxygen atoms in total. The van der Waals surface area contributed by atoms with Gasteiger partial charge in [0.05, 0.1) is 25.6 Å². The number of aliphatic carboxylic acids is 1. The Morgan fingerprint density at radius 2 is 0.892 bits per heavy atom. The number of hydrogen-bond donors (Lipinski definition) is 3. The lowest BCUT2D eigenvalue weighted by atomic mass is 9.94. The van der Waals surface area contributed by atoms with E-state index in [1.165, 1.54) is 51.4 Å². The smallest absolute Gasteiger partial charge is 0.408 e. The minimum atomic E-state index is -1.14. The number of nitrogens with zero attached hydrogens (tertiary/aromatic N) is 4. The van der Waals surface area contributed by atoms with Gasteiger partial charge in [0.1, 0.15) is 42.4 Å². The first-order valence-electron chi connectivity index (χ1n) is 32.2. The molecule has 2 aromatic heterocycles. The first kappa shape index (κ1) is 70.7. The van der Waals surface area contributed by atoms with E-state index in [0.717, 1.165) is 93.2 Å². The van der Waals surface area contributed by atoms with E-state index in [0.29, 0.717) is 11.6 Å². The highest BCUT2D eigenvalue weighted by atomic mass is 16.6. The van der Waals surface area contributed by atoms with Crippen LogP contribution in [0.15, 0.2) is 183 Å². The number of benzene rings is 6. The summed E-state index contributed by atoms with van der Waals surface area (Å²) in [4.78, 5) is 81.1. The maximum Gasteiger partial charge on any atom is 0.408 e. The second kappa shape index (κ2) is 37.5. The fourth-order valence-corrected chi connectivity index (χ4v) is 9.77. The van der Waals surface area contributed by atoms with Crippen molar-refractivity contribution in [2.24, 2.45) is 5.92 Å². The summed E-state index contributed by atoms with van der Waals surface area (Å²) in [5.74, 6) is -0.567. The van der Waals surface area contributed by atoms with E-state index >= 15 is 0 Å². The number of aromatic nitrogens is 4. The number of unbranched alkanes of at least 4 members (excludes halogenated alkanes) is 8. The fraction of sp³-hybridized carbons (Fsp3) is 0.355. The van der Waals surface area contributed by atoms with Crippen LogP contribution in [0.3, 0.4) is 0 Å². The monoisotopic (exact) mass is 1260 g/mol. The van der Waals surface area contributed by atoms with Crippen LogP contribution >= 0.6 is 0 Å². The molecule has 0 bridgehead atoms. The van der Waals surface area contributed by atoms with Gasteiger partial charge in [-0.2, -0.15) is 0 Å². The second-order valence-corrected chi connectivity index (χ2v) is 23.9. The molecule has 17 heteroatoms. The van der Waals surface area contributed by atoms with Gasteiger partial charge >= 0.3 is 24.0 Å². The quantitative estimate of drug-likeness (QED) is 0.0197. The number of carboxylic acid groups (broad SMARTS) is 1. The summed E-state index contributed by atoms with van der Waals surface area (Å²) in [7, 11) is 0. The van der Waals surface area contributed by atoms with Crippen molar-refractivity contribution in [1.82, 2.24) is 30.6 Å². The van der Waals surface area contributed by atoms with Crippen LogP contribution in [0.5, 0.6) is 11.5 Å². The summed E-state index contributed by atoms with van der Waals surface area (Å²) >= 11 is 0. The van der Waals surface area contributed by atoms with Crippen molar-refractivity contribution in [3.8, 4) is 56.5 Å². The molecule has 0 saturated carbocycles. The number of alkyl carbamates (subject to hydrolysis) is 1. The first-order valence-corrected chi connectivity index (χ1v) is 32.2. The molecule has 488 valence electrons. The van der Waals surface area contributed by atoms with Crippen molar-refractivity contribution >= 4 is 29.9 Å². The van der Waals surface area contributed by atoms with Crippen LogP contribution in [0.1, 0.15) is 134 Å². The Balaban J connectivity index is 0.000000268. The Bertz CT molecular complexity index is 3530. The molecule has 0 aliphatic heterocycles. The van der Waals surface area contributed by atoms with E-state index in [-0.39, 0.29) is 32.5 Å². The number of nitrogens with one attached hydrogen (secondary N) is 2. The Morgan fingerprint density at radius 1 is 0.473 bits per heavy atom. The van der Waals surface area contributed by atoms with Gasteiger partial charge in [-0.3, -0.25) is 9.59 Å². The predicted octanol–water partition coefficient (Wildman–Crippen LogP) is 15.4. The molecule has 93 heavy (non-hydrogen) atoms. The third-order valence-electron chi connectivity index (χ3n) is 15.0. The number of rotatable bonds is 33. The average molecular weight is 1260 g/mol. The van der Waals surface area contributed by atoms with Crippen molar-refractivity contribution < 1.29 is 52.8 Å². The van der Waals surface area contributed by atoms with Crippen molar-refractivity contribution in [2.45, 2.75) is 156 Å². The zero-order valence-corrected chi connectivity index (χ0v) is 54.4. The van der Waals surface area contributed by atoms with E-state index in [9.17, 15) is 29.1 Å². The summed E-state index contributed by atoms with van der Waals surface area (Å²) in [6, 6.07) is 47.3. The summed E-state index contributed by atoms with van der Waals surface area (Å²) in [6.07, 6.45) is 18.7. The Hall–Kier alpha value is -9.77. The molecule has 0 unspecified atom stereocenters. The van der Waals surface area contributed by atoms with Gasteiger partial charge in [0.15, 0.2) is 11.6 Å². The molecule has 0 radical (unpaired) electrons. The molecule has 0 aliphatic rings. The molecule has 8 aromatic rings. The number of carbonyl (C=O) groups is 5. The van der Waals surface area contributed by atoms with Crippen LogP contribution in [-0.2, 0) is 59.4 Å². The highest BCUT2D eigenvalue weighted by Crippen LogP contribution is 2.27.